The molecule has 1 aromatic rings. The van der Waals surface area contributed by atoms with Crippen LogP contribution in [-0.4, -0.2) is 26.4 Å². The molecule has 16 heavy (non-hydrogen) atoms. The number of aldehydes is 1. The Labute approximate surface area is 92.0 Å². The van der Waals surface area contributed by atoms with Crippen LogP contribution < -0.4 is 0 Å². The predicted molar refractivity (Wildman–Crippen MR) is 54.5 cm³/mol. The third kappa shape index (κ3) is 3.37. The summed E-state index contributed by atoms with van der Waals surface area (Å²) < 4.78 is 48.2. The zero-order valence-electron chi connectivity index (χ0n) is 8.48. The Bertz CT molecular complexity index is 472. The first kappa shape index (κ1) is 12.8. The molecule has 0 atom stereocenters. The highest BCUT2D eigenvalue weighted by atomic mass is 32.2. The van der Waals surface area contributed by atoms with Crippen molar-refractivity contribution in [3.8, 4) is 0 Å². The van der Waals surface area contributed by atoms with Crippen LogP contribution in [0.3, 0.4) is 0 Å². The van der Waals surface area contributed by atoms with Crippen LogP contribution in [0.25, 0.3) is 0 Å². The van der Waals surface area contributed by atoms with E-state index in [0.29, 0.717) is 18.8 Å². The van der Waals surface area contributed by atoms with E-state index in [4.69, 9.17) is 0 Å². The molecule has 1 rings (SSSR count). The van der Waals surface area contributed by atoms with Crippen LogP contribution in [0.15, 0.2) is 29.2 Å². The van der Waals surface area contributed by atoms with Gasteiger partial charge in [-0.3, -0.25) is 4.79 Å². The Morgan fingerprint density at radius 3 is 2.12 bits per heavy atom. The van der Waals surface area contributed by atoms with E-state index >= 15 is 0 Å². The van der Waals surface area contributed by atoms with Gasteiger partial charge in [-0.25, -0.2) is 17.2 Å². The molecule has 6 heteroatoms. The van der Waals surface area contributed by atoms with Crippen LogP contribution >= 0.6 is 0 Å². The van der Waals surface area contributed by atoms with E-state index < -0.39 is 21.5 Å². The summed E-state index contributed by atoms with van der Waals surface area (Å²) in [6, 6.07) is 4.83. The first-order valence-electron chi connectivity index (χ1n) is 4.40. The van der Waals surface area contributed by atoms with Crippen LogP contribution in [0.2, 0.25) is 0 Å². The first-order chi connectivity index (χ1) is 7.24. The molecular weight excluding hydrogens is 238 g/mol. The standard InChI is InChI=1S/C10H10F2O3S/c1-10(11,12)7-16(14,15)9-4-2-8(6-13)3-5-9/h2-6H,7H2,1H3. The van der Waals surface area contributed by atoms with Crippen LogP contribution in [-0.2, 0) is 9.84 Å². The van der Waals surface area contributed by atoms with Gasteiger partial charge in [0.25, 0.3) is 5.92 Å². The molecule has 0 aromatic heterocycles. The van der Waals surface area contributed by atoms with Crippen molar-refractivity contribution in [2.75, 3.05) is 5.75 Å². The molecule has 0 spiro atoms. The SMILES string of the molecule is CC(F)(F)CS(=O)(=O)c1ccc(C=O)cc1. The fourth-order valence-corrected chi connectivity index (χ4v) is 2.56. The molecule has 88 valence electrons. The lowest BCUT2D eigenvalue weighted by molar-refractivity contribution is 0.0473. The average Bonchev–Trinajstić information content (AvgIpc) is 2.14. The second-order valence-corrected chi connectivity index (χ2v) is 5.51. The summed E-state index contributed by atoms with van der Waals surface area (Å²) in [4.78, 5) is 10.1. The third-order valence-corrected chi connectivity index (χ3v) is 3.70. The number of hydrogen-bond donors (Lipinski definition) is 0. The van der Waals surface area contributed by atoms with E-state index in [2.05, 4.69) is 0 Å². The third-order valence-electron chi connectivity index (χ3n) is 1.82. The molecule has 0 N–H and O–H groups in total. The van der Waals surface area contributed by atoms with E-state index in [1.54, 1.807) is 0 Å². The second-order valence-electron chi connectivity index (χ2n) is 3.52. The largest absolute Gasteiger partial charge is 0.298 e. The minimum atomic E-state index is -4.01. The highest BCUT2D eigenvalue weighted by Crippen LogP contribution is 2.20. The molecule has 0 fully saturated rings. The van der Waals surface area contributed by atoms with E-state index in [9.17, 15) is 22.0 Å². The minimum Gasteiger partial charge on any atom is -0.298 e. The number of sulfone groups is 1. The average molecular weight is 248 g/mol. The molecule has 0 saturated heterocycles. The molecule has 3 nitrogen and oxygen atoms in total. The Morgan fingerprint density at radius 1 is 1.25 bits per heavy atom. The highest BCUT2D eigenvalue weighted by molar-refractivity contribution is 7.91. The van der Waals surface area contributed by atoms with Gasteiger partial charge in [0.05, 0.1) is 4.90 Å². The Kier molecular flexibility index (Phi) is 3.42. The zero-order chi connectivity index (χ0) is 12.4. The van der Waals surface area contributed by atoms with Gasteiger partial charge in [-0.1, -0.05) is 12.1 Å². The first-order valence-corrected chi connectivity index (χ1v) is 6.06. The fraction of sp³-hybridized carbons (Fsp3) is 0.300. The van der Waals surface area contributed by atoms with E-state index in [1.807, 2.05) is 0 Å². The summed E-state index contributed by atoms with van der Waals surface area (Å²) in [6.45, 7) is 0.546. The summed E-state index contributed by atoms with van der Waals surface area (Å²) in [5.74, 6) is -4.51. The quantitative estimate of drug-likeness (QED) is 0.765. The summed E-state index contributed by atoms with van der Waals surface area (Å²) in [5, 5.41) is 0. The predicted octanol–water partition coefficient (Wildman–Crippen LogP) is 1.93. The number of hydrogen-bond acceptors (Lipinski definition) is 3. The maximum absolute atomic E-state index is 12.6. The lowest BCUT2D eigenvalue weighted by Crippen LogP contribution is -2.24. The maximum atomic E-state index is 12.6. The van der Waals surface area contributed by atoms with Gasteiger partial charge in [0.2, 0.25) is 0 Å². The van der Waals surface area contributed by atoms with Crippen LogP contribution in [0, 0.1) is 0 Å². The Morgan fingerprint density at radius 2 is 1.75 bits per heavy atom. The van der Waals surface area contributed by atoms with Gasteiger partial charge in [-0.05, 0) is 12.1 Å². The van der Waals surface area contributed by atoms with Crippen molar-refractivity contribution < 1.29 is 22.0 Å². The Balaban J connectivity index is 3.03. The van der Waals surface area contributed by atoms with Gasteiger partial charge >= 0.3 is 0 Å². The number of carbonyl (C=O) groups is 1. The normalized spacial score (nSPS) is 12.4. The van der Waals surface area contributed by atoms with Gasteiger partial charge in [0.15, 0.2) is 9.84 Å². The van der Waals surface area contributed by atoms with Crippen molar-refractivity contribution in [3.63, 3.8) is 0 Å². The molecule has 1 aromatic carbocycles. The number of alkyl halides is 2. The van der Waals surface area contributed by atoms with Crippen molar-refractivity contribution >= 4 is 16.1 Å². The molecule has 0 radical (unpaired) electrons. The minimum absolute atomic E-state index is 0.209. The molecular formula is C10H10F2O3S. The number of rotatable bonds is 4. The molecule has 0 saturated carbocycles. The number of benzene rings is 1. The van der Waals surface area contributed by atoms with Gasteiger partial charge in [-0.2, -0.15) is 0 Å². The molecule has 0 aliphatic heterocycles. The smallest absolute Gasteiger partial charge is 0.259 e. The number of carbonyl (C=O) groups excluding carboxylic acids is 1. The van der Waals surface area contributed by atoms with Crippen LogP contribution in [0.4, 0.5) is 8.78 Å². The van der Waals surface area contributed by atoms with Gasteiger partial charge in [-0.15, -0.1) is 0 Å². The second kappa shape index (κ2) is 4.29. The topological polar surface area (TPSA) is 51.2 Å². The van der Waals surface area contributed by atoms with Crippen LogP contribution in [0.5, 0.6) is 0 Å². The zero-order valence-corrected chi connectivity index (χ0v) is 9.30. The van der Waals surface area contributed by atoms with E-state index in [-0.39, 0.29) is 4.90 Å². The summed E-state index contributed by atoms with van der Waals surface area (Å²) in [5.41, 5.74) is 0.294. The van der Waals surface area contributed by atoms with Crippen LogP contribution in [0.1, 0.15) is 17.3 Å². The lowest BCUT2D eigenvalue weighted by atomic mass is 10.2. The summed E-state index contributed by atoms with van der Waals surface area (Å²) in [6.07, 6.45) is 0.546. The molecule has 0 aliphatic carbocycles. The van der Waals surface area contributed by atoms with Gasteiger partial charge in [0.1, 0.15) is 12.0 Å². The lowest BCUT2D eigenvalue weighted by Gasteiger charge is -2.10. The molecule has 0 amide bonds. The summed E-state index contributed by atoms with van der Waals surface area (Å²) >= 11 is 0. The van der Waals surface area contributed by atoms with Crippen molar-refractivity contribution in [2.24, 2.45) is 0 Å². The van der Waals surface area contributed by atoms with E-state index in [1.165, 1.54) is 12.1 Å². The monoisotopic (exact) mass is 248 g/mol. The fourth-order valence-electron chi connectivity index (χ4n) is 1.17. The van der Waals surface area contributed by atoms with Crippen molar-refractivity contribution in [1.82, 2.24) is 0 Å². The maximum Gasteiger partial charge on any atom is 0.259 e. The van der Waals surface area contributed by atoms with Crippen molar-refractivity contribution in [3.05, 3.63) is 29.8 Å². The molecule has 0 unspecified atom stereocenters. The Hall–Kier alpha value is -1.30. The molecule has 0 heterocycles. The number of halogens is 2. The molecule has 0 bridgehead atoms. The highest BCUT2D eigenvalue weighted by Gasteiger charge is 2.30. The van der Waals surface area contributed by atoms with Gasteiger partial charge in [0, 0.05) is 12.5 Å². The summed E-state index contributed by atoms with van der Waals surface area (Å²) in [7, 11) is -4.01. The van der Waals surface area contributed by atoms with Gasteiger partial charge < -0.3 is 0 Å². The van der Waals surface area contributed by atoms with Crippen molar-refractivity contribution in [2.45, 2.75) is 17.7 Å². The van der Waals surface area contributed by atoms with E-state index in [0.717, 1.165) is 12.1 Å². The van der Waals surface area contributed by atoms with Crippen molar-refractivity contribution in [1.29, 1.82) is 0 Å². The molecule has 0 aliphatic rings.